The quantitative estimate of drug-likeness (QED) is 0.615. The smallest absolute Gasteiger partial charge is 0.152 e. The SMILES string of the molecule is O=CC1=C2N=NC=C2c2ccccc21. The summed E-state index contributed by atoms with van der Waals surface area (Å²) in [5.41, 5.74) is 4.33. The summed E-state index contributed by atoms with van der Waals surface area (Å²) in [5.74, 6) is 0. The molecular formula is C11H6N2O. The molecule has 1 aliphatic carbocycles. The van der Waals surface area contributed by atoms with Gasteiger partial charge < -0.3 is 0 Å². The summed E-state index contributed by atoms with van der Waals surface area (Å²) >= 11 is 0. The lowest BCUT2D eigenvalue weighted by Gasteiger charge is -1.97. The van der Waals surface area contributed by atoms with E-state index in [2.05, 4.69) is 10.2 Å². The summed E-state index contributed by atoms with van der Waals surface area (Å²) in [5, 5.41) is 7.76. The predicted molar refractivity (Wildman–Crippen MR) is 52.3 cm³/mol. The van der Waals surface area contributed by atoms with Gasteiger partial charge in [0, 0.05) is 5.57 Å². The molecule has 66 valence electrons. The lowest BCUT2D eigenvalue weighted by molar-refractivity contribution is -0.103. The Kier molecular flexibility index (Phi) is 1.31. The number of aldehydes is 1. The Morgan fingerprint density at radius 3 is 2.71 bits per heavy atom. The lowest BCUT2D eigenvalue weighted by atomic mass is 10.1. The molecule has 0 radical (unpaired) electrons. The highest BCUT2D eigenvalue weighted by atomic mass is 16.1. The molecule has 0 bridgehead atoms. The van der Waals surface area contributed by atoms with Crippen LogP contribution >= 0.6 is 0 Å². The minimum Gasteiger partial charge on any atom is -0.298 e. The molecule has 2 aliphatic rings. The monoisotopic (exact) mass is 182 g/mol. The van der Waals surface area contributed by atoms with Crippen molar-refractivity contribution in [1.29, 1.82) is 0 Å². The van der Waals surface area contributed by atoms with Crippen molar-refractivity contribution in [1.82, 2.24) is 0 Å². The van der Waals surface area contributed by atoms with E-state index in [0.29, 0.717) is 11.3 Å². The van der Waals surface area contributed by atoms with Gasteiger partial charge >= 0.3 is 0 Å². The van der Waals surface area contributed by atoms with Gasteiger partial charge in [0.05, 0.1) is 11.8 Å². The van der Waals surface area contributed by atoms with Crippen LogP contribution in [0.2, 0.25) is 0 Å². The molecule has 1 aliphatic heterocycles. The van der Waals surface area contributed by atoms with Crippen molar-refractivity contribution in [2.45, 2.75) is 0 Å². The minimum atomic E-state index is 0.646. The first-order chi connectivity index (χ1) is 6.92. The summed E-state index contributed by atoms with van der Waals surface area (Å²) < 4.78 is 0. The molecule has 0 unspecified atom stereocenters. The molecule has 0 aromatic heterocycles. The summed E-state index contributed by atoms with van der Waals surface area (Å²) in [6.07, 6.45) is 2.55. The van der Waals surface area contributed by atoms with E-state index >= 15 is 0 Å². The summed E-state index contributed by atoms with van der Waals surface area (Å²) in [6.45, 7) is 0. The van der Waals surface area contributed by atoms with E-state index in [1.165, 1.54) is 0 Å². The molecule has 0 fully saturated rings. The largest absolute Gasteiger partial charge is 0.298 e. The Labute approximate surface area is 80.5 Å². The van der Waals surface area contributed by atoms with E-state index in [9.17, 15) is 4.79 Å². The number of fused-ring (bicyclic) bond motifs is 3. The number of hydrogen-bond acceptors (Lipinski definition) is 3. The third-order valence-electron chi connectivity index (χ3n) is 2.48. The lowest BCUT2D eigenvalue weighted by Crippen LogP contribution is -1.83. The second-order valence-corrected chi connectivity index (χ2v) is 3.18. The van der Waals surface area contributed by atoms with Gasteiger partial charge in [-0.1, -0.05) is 24.3 Å². The third-order valence-corrected chi connectivity index (χ3v) is 2.48. The summed E-state index contributed by atoms with van der Waals surface area (Å²) in [6, 6.07) is 7.78. The average molecular weight is 182 g/mol. The molecule has 0 saturated carbocycles. The fraction of sp³-hybridized carbons (Fsp3) is 0. The van der Waals surface area contributed by atoms with E-state index in [-0.39, 0.29) is 0 Å². The van der Waals surface area contributed by atoms with Crippen LogP contribution in [-0.4, -0.2) is 6.29 Å². The second kappa shape index (κ2) is 2.48. The fourth-order valence-electron chi connectivity index (χ4n) is 1.86. The van der Waals surface area contributed by atoms with Crippen LogP contribution in [0.15, 0.2) is 46.4 Å². The Bertz CT molecular complexity index is 524. The van der Waals surface area contributed by atoms with Crippen LogP contribution in [0.3, 0.4) is 0 Å². The molecule has 0 N–H and O–H groups in total. The molecule has 3 heteroatoms. The van der Waals surface area contributed by atoms with Gasteiger partial charge in [-0.3, -0.25) is 4.79 Å². The van der Waals surface area contributed by atoms with Gasteiger partial charge in [-0.25, -0.2) is 0 Å². The Morgan fingerprint density at radius 1 is 1.14 bits per heavy atom. The molecule has 1 aromatic carbocycles. The highest BCUT2D eigenvalue weighted by Gasteiger charge is 2.27. The van der Waals surface area contributed by atoms with Gasteiger partial charge in [0.1, 0.15) is 5.70 Å². The molecule has 0 amide bonds. The van der Waals surface area contributed by atoms with E-state index < -0.39 is 0 Å². The van der Waals surface area contributed by atoms with E-state index in [0.717, 1.165) is 23.0 Å². The molecule has 1 heterocycles. The topological polar surface area (TPSA) is 41.8 Å². The van der Waals surface area contributed by atoms with Crippen molar-refractivity contribution in [2.24, 2.45) is 10.2 Å². The summed E-state index contributed by atoms with van der Waals surface area (Å²) in [4.78, 5) is 10.9. The molecular weight excluding hydrogens is 176 g/mol. The first kappa shape index (κ1) is 7.38. The number of rotatable bonds is 1. The van der Waals surface area contributed by atoms with Crippen LogP contribution in [0.4, 0.5) is 0 Å². The molecule has 1 aromatic rings. The maximum atomic E-state index is 10.9. The van der Waals surface area contributed by atoms with E-state index in [1.54, 1.807) is 6.20 Å². The van der Waals surface area contributed by atoms with Crippen molar-refractivity contribution in [3.63, 3.8) is 0 Å². The molecule has 14 heavy (non-hydrogen) atoms. The van der Waals surface area contributed by atoms with Gasteiger partial charge in [0.25, 0.3) is 0 Å². The summed E-state index contributed by atoms with van der Waals surface area (Å²) in [7, 11) is 0. The van der Waals surface area contributed by atoms with E-state index in [1.807, 2.05) is 24.3 Å². The standard InChI is InChI=1S/C11H6N2O/c14-6-10-8-4-2-1-3-7(8)9-5-12-13-11(9)10/h1-6H. The van der Waals surface area contributed by atoms with E-state index in [4.69, 9.17) is 0 Å². The van der Waals surface area contributed by atoms with Gasteiger partial charge in [-0.15, -0.1) is 5.11 Å². The molecule has 3 rings (SSSR count). The maximum Gasteiger partial charge on any atom is 0.152 e. The predicted octanol–water partition coefficient (Wildman–Crippen LogP) is 2.42. The van der Waals surface area contributed by atoms with Crippen LogP contribution in [-0.2, 0) is 4.79 Å². The maximum absolute atomic E-state index is 10.9. The third kappa shape index (κ3) is 0.738. The number of carbonyl (C=O) groups is 1. The number of hydrogen-bond donors (Lipinski definition) is 0. The molecule has 0 atom stereocenters. The van der Waals surface area contributed by atoms with Crippen molar-refractivity contribution in [3.05, 3.63) is 47.3 Å². The fourth-order valence-corrected chi connectivity index (χ4v) is 1.86. The number of azo groups is 1. The van der Waals surface area contributed by atoms with Gasteiger partial charge in [0.2, 0.25) is 0 Å². The van der Waals surface area contributed by atoms with Crippen molar-refractivity contribution in [2.75, 3.05) is 0 Å². The molecule has 3 nitrogen and oxygen atoms in total. The number of benzene rings is 1. The first-order valence-electron chi connectivity index (χ1n) is 4.32. The first-order valence-corrected chi connectivity index (χ1v) is 4.32. The zero-order valence-corrected chi connectivity index (χ0v) is 7.27. The van der Waals surface area contributed by atoms with Crippen LogP contribution < -0.4 is 0 Å². The van der Waals surface area contributed by atoms with Crippen molar-refractivity contribution < 1.29 is 4.79 Å². The number of allylic oxidation sites excluding steroid dienone is 2. The van der Waals surface area contributed by atoms with Crippen LogP contribution in [0.5, 0.6) is 0 Å². The second-order valence-electron chi connectivity index (χ2n) is 3.18. The Hall–Kier alpha value is -2.03. The number of carbonyl (C=O) groups excluding carboxylic acids is 1. The Morgan fingerprint density at radius 2 is 1.93 bits per heavy atom. The van der Waals surface area contributed by atoms with Gasteiger partial charge in [-0.2, -0.15) is 5.11 Å². The molecule has 0 saturated heterocycles. The van der Waals surface area contributed by atoms with Crippen LogP contribution in [0, 0.1) is 0 Å². The van der Waals surface area contributed by atoms with Gasteiger partial charge in [0.15, 0.2) is 6.29 Å². The van der Waals surface area contributed by atoms with Crippen LogP contribution in [0.1, 0.15) is 11.1 Å². The van der Waals surface area contributed by atoms with Crippen molar-refractivity contribution >= 4 is 17.4 Å². The minimum absolute atomic E-state index is 0.646. The normalized spacial score (nSPS) is 16.7. The zero-order chi connectivity index (χ0) is 9.54. The highest BCUT2D eigenvalue weighted by Crippen LogP contribution is 2.43. The average Bonchev–Trinajstić information content (AvgIpc) is 2.77. The van der Waals surface area contributed by atoms with Gasteiger partial charge in [-0.05, 0) is 11.1 Å². The van der Waals surface area contributed by atoms with Crippen LogP contribution in [0.25, 0.3) is 11.1 Å². The molecule has 0 spiro atoms. The Balaban J connectivity index is 2.38. The highest BCUT2D eigenvalue weighted by molar-refractivity contribution is 6.18. The van der Waals surface area contributed by atoms with Crippen molar-refractivity contribution in [3.8, 4) is 0 Å². The zero-order valence-electron chi connectivity index (χ0n) is 7.27. The number of nitrogens with zero attached hydrogens (tertiary/aromatic N) is 2.